The number of hydrogen-bond acceptors (Lipinski definition) is 2. The molecule has 2 aromatic rings. The molecule has 0 aliphatic carbocycles. The summed E-state index contributed by atoms with van der Waals surface area (Å²) in [6.07, 6.45) is 3.20. The number of halogens is 1. The molecule has 0 spiro atoms. The van der Waals surface area contributed by atoms with Crippen molar-refractivity contribution in [1.82, 2.24) is 9.97 Å². The summed E-state index contributed by atoms with van der Waals surface area (Å²) >= 11 is 0. The van der Waals surface area contributed by atoms with Gasteiger partial charge in [-0.1, -0.05) is 26.0 Å². The molecule has 0 N–H and O–H groups in total. The maximum atomic E-state index is 13.6. The minimum atomic E-state index is -0.251. The first-order valence-electron chi connectivity index (χ1n) is 5.31. The molecule has 2 nitrogen and oxygen atoms in total. The quantitative estimate of drug-likeness (QED) is 0.730. The Bertz CT molecular complexity index is 441. The molecule has 0 saturated heterocycles. The fourth-order valence-corrected chi connectivity index (χ4v) is 1.26. The molecule has 1 aromatic carbocycles. The maximum absolute atomic E-state index is 13.6. The Balaban J connectivity index is 0.000000606. The van der Waals surface area contributed by atoms with Gasteiger partial charge in [0.2, 0.25) is 0 Å². The largest absolute Gasteiger partial charge is 0.236 e. The van der Waals surface area contributed by atoms with Crippen molar-refractivity contribution in [2.75, 3.05) is 0 Å². The number of aromatic nitrogens is 2. The fourth-order valence-electron chi connectivity index (χ4n) is 1.26. The Morgan fingerprint density at radius 1 is 1.00 bits per heavy atom. The van der Waals surface area contributed by atoms with Crippen LogP contribution >= 0.6 is 0 Å². The fraction of sp³-hybridized carbons (Fsp3) is 0.231. The highest BCUT2D eigenvalue weighted by atomic mass is 19.1. The lowest BCUT2D eigenvalue weighted by atomic mass is 10.1. The van der Waals surface area contributed by atoms with Gasteiger partial charge in [-0.2, -0.15) is 0 Å². The highest BCUT2D eigenvalue weighted by Gasteiger charge is 2.08. The van der Waals surface area contributed by atoms with E-state index in [2.05, 4.69) is 9.97 Å². The lowest BCUT2D eigenvalue weighted by Gasteiger charge is -2.02. The summed E-state index contributed by atoms with van der Waals surface area (Å²) in [5.41, 5.74) is 1.06. The first-order chi connectivity index (χ1) is 7.79. The molecule has 3 heteroatoms. The molecule has 1 aromatic heterocycles. The van der Waals surface area contributed by atoms with Gasteiger partial charge in [0.15, 0.2) is 5.82 Å². The Morgan fingerprint density at radius 2 is 1.62 bits per heavy atom. The topological polar surface area (TPSA) is 25.8 Å². The van der Waals surface area contributed by atoms with Crippen LogP contribution in [0.1, 0.15) is 19.4 Å². The Kier molecular flexibility index (Phi) is 4.58. The van der Waals surface area contributed by atoms with E-state index in [1.807, 2.05) is 13.8 Å². The van der Waals surface area contributed by atoms with Crippen LogP contribution in [-0.2, 0) is 0 Å². The van der Waals surface area contributed by atoms with Gasteiger partial charge in [-0.3, -0.25) is 0 Å². The lowest BCUT2D eigenvalue weighted by molar-refractivity contribution is 0.620. The van der Waals surface area contributed by atoms with E-state index in [4.69, 9.17) is 0 Å². The van der Waals surface area contributed by atoms with Gasteiger partial charge in [0.25, 0.3) is 0 Å². The first-order valence-corrected chi connectivity index (χ1v) is 5.31. The van der Waals surface area contributed by atoms with Gasteiger partial charge >= 0.3 is 0 Å². The van der Waals surface area contributed by atoms with Crippen molar-refractivity contribution in [3.63, 3.8) is 0 Å². The minimum Gasteiger partial charge on any atom is -0.236 e. The van der Waals surface area contributed by atoms with Crippen molar-refractivity contribution in [2.45, 2.75) is 20.8 Å². The summed E-state index contributed by atoms with van der Waals surface area (Å²) in [6, 6.07) is 6.90. The molecule has 2 rings (SSSR count). The number of rotatable bonds is 1. The van der Waals surface area contributed by atoms with Crippen molar-refractivity contribution < 1.29 is 4.39 Å². The summed E-state index contributed by atoms with van der Waals surface area (Å²) < 4.78 is 13.6. The molecule has 84 valence electrons. The lowest BCUT2D eigenvalue weighted by Crippen LogP contribution is -1.92. The molecule has 0 aliphatic rings. The number of nitrogens with zero attached hydrogens (tertiary/aromatic N) is 2. The third kappa shape index (κ3) is 2.63. The zero-order chi connectivity index (χ0) is 12.0. The highest BCUT2D eigenvalue weighted by molar-refractivity contribution is 5.56. The van der Waals surface area contributed by atoms with Crippen LogP contribution < -0.4 is 0 Å². The Hall–Kier alpha value is -1.77. The van der Waals surface area contributed by atoms with Crippen LogP contribution in [0.5, 0.6) is 0 Å². The maximum Gasteiger partial charge on any atom is 0.162 e. The monoisotopic (exact) mass is 218 g/mol. The highest BCUT2D eigenvalue weighted by Crippen LogP contribution is 2.20. The number of aryl methyl sites for hydroxylation is 1. The molecule has 0 amide bonds. The molecule has 0 aliphatic heterocycles. The van der Waals surface area contributed by atoms with Crippen molar-refractivity contribution in [1.29, 1.82) is 0 Å². The molecular weight excluding hydrogens is 203 g/mol. The second-order valence-electron chi connectivity index (χ2n) is 3.01. The summed E-state index contributed by atoms with van der Waals surface area (Å²) in [4.78, 5) is 8.00. The average molecular weight is 218 g/mol. The van der Waals surface area contributed by atoms with Crippen LogP contribution in [0.25, 0.3) is 11.4 Å². The molecule has 16 heavy (non-hydrogen) atoms. The third-order valence-electron chi connectivity index (χ3n) is 2.00. The van der Waals surface area contributed by atoms with Crippen LogP contribution in [0.2, 0.25) is 0 Å². The van der Waals surface area contributed by atoms with Crippen LogP contribution in [0.15, 0.2) is 36.7 Å². The molecule has 0 bridgehead atoms. The number of hydrogen-bond donors (Lipinski definition) is 0. The molecule has 1 heterocycles. The summed E-state index contributed by atoms with van der Waals surface area (Å²) in [5.74, 6) is 0.174. The van der Waals surface area contributed by atoms with Crippen molar-refractivity contribution in [3.8, 4) is 11.4 Å². The zero-order valence-corrected chi connectivity index (χ0v) is 9.74. The van der Waals surface area contributed by atoms with Gasteiger partial charge < -0.3 is 0 Å². The zero-order valence-electron chi connectivity index (χ0n) is 9.74. The molecule has 0 radical (unpaired) electrons. The second kappa shape index (κ2) is 5.95. The van der Waals surface area contributed by atoms with E-state index in [1.54, 1.807) is 43.6 Å². The van der Waals surface area contributed by atoms with E-state index in [-0.39, 0.29) is 5.82 Å². The van der Waals surface area contributed by atoms with Gasteiger partial charge in [0.05, 0.1) is 5.56 Å². The van der Waals surface area contributed by atoms with E-state index in [1.165, 1.54) is 0 Å². The predicted octanol–water partition coefficient (Wildman–Crippen LogP) is 3.62. The molecular formula is C13H15FN2. The van der Waals surface area contributed by atoms with Crippen molar-refractivity contribution in [2.24, 2.45) is 0 Å². The van der Waals surface area contributed by atoms with Crippen LogP contribution in [0.3, 0.4) is 0 Å². The van der Waals surface area contributed by atoms with Crippen LogP contribution in [-0.4, -0.2) is 9.97 Å². The molecule has 0 unspecified atom stereocenters. The molecule has 0 saturated carbocycles. The summed E-state index contributed by atoms with van der Waals surface area (Å²) in [7, 11) is 0. The normalized spacial score (nSPS) is 9.25. The SMILES string of the molecule is CC.Cc1cccc(-c2ncccn2)c1F. The van der Waals surface area contributed by atoms with E-state index >= 15 is 0 Å². The Morgan fingerprint density at radius 3 is 2.25 bits per heavy atom. The minimum absolute atomic E-state index is 0.251. The smallest absolute Gasteiger partial charge is 0.162 e. The standard InChI is InChI=1S/C11H9FN2.C2H6/c1-8-4-2-5-9(10(8)12)11-13-6-3-7-14-11;1-2/h2-7H,1H3;1-2H3. The predicted molar refractivity (Wildman–Crippen MR) is 63.5 cm³/mol. The van der Waals surface area contributed by atoms with Gasteiger partial charge in [-0.05, 0) is 24.6 Å². The number of benzene rings is 1. The first kappa shape index (κ1) is 12.3. The summed E-state index contributed by atoms with van der Waals surface area (Å²) in [6.45, 7) is 5.72. The van der Waals surface area contributed by atoms with Crippen LogP contribution in [0.4, 0.5) is 4.39 Å². The Labute approximate surface area is 95.2 Å². The molecule has 0 fully saturated rings. The van der Waals surface area contributed by atoms with Gasteiger partial charge in [-0.15, -0.1) is 0 Å². The van der Waals surface area contributed by atoms with Crippen LogP contribution in [0, 0.1) is 12.7 Å². The van der Waals surface area contributed by atoms with E-state index in [0.29, 0.717) is 17.0 Å². The average Bonchev–Trinajstić information content (AvgIpc) is 2.36. The van der Waals surface area contributed by atoms with Crippen molar-refractivity contribution in [3.05, 3.63) is 48.0 Å². The van der Waals surface area contributed by atoms with Gasteiger partial charge in [0.1, 0.15) is 5.82 Å². The van der Waals surface area contributed by atoms with E-state index < -0.39 is 0 Å². The summed E-state index contributed by atoms with van der Waals surface area (Å²) in [5, 5.41) is 0. The molecule has 0 atom stereocenters. The van der Waals surface area contributed by atoms with E-state index in [0.717, 1.165) is 0 Å². The van der Waals surface area contributed by atoms with E-state index in [9.17, 15) is 4.39 Å². The van der Waals surface area contributed by atoms with Gasteiger partial charge in [0, 0.05) is 12.4 Å². The second-order valence-corrected chi connectivity index (χ2v) is 3.01. The van der Waals surface area contributed by atoms with Crippen molar-refractivity contribution >= 4 is 0 Å². The third-order valence-corrected chi connectivity index (χ3v) is 2.00. The van der Waals surface area contributed by atoms with Gasteiger partial charge in [-0.25, -0.2) is 14.4 Å².